The van der Waals surface area contributed by atoms with E-state index in [1.807, 2.05) is 0 Å². The van der Waals surface area contributed by atoms with Crippen LogP contribution in [0.5, 0.6) is 0 Å². The molecule has 0 saturated carbocycles. The van der Waals surface area contributed by atoms with Gasteiger partial charge in [0.1, 0.15) is 5.84 Å². The van der Waals surface area contributed by atoms with Crippen LogP contribution in [0.1, 0.15) is 6.42 Å². The molecule has 0 saturated heterocycles. The lowest BCUT2D eigenvalue weighted by Crippen LogP contribution is -2.28. The van der Waals surface area contributed by atoms with E-state index in [1.165, 1.54) is 0 Å². The molecule has 1 heterocycles. The van der Waals surface area contributed by atoms with Gasteiger partial charge in [-0.2, -0.15) is 0 Å². The zero-order valence-corrected chi connectivity index (χ0v) is 5.70. The standard InChI is InChI=1S/C7H10N2O/c1-2-4-7-8-5-3-6-9(7)10/h2-3,5,10H,1,4,6H2. The highest BCUT2D eigenvalue weighted by molar-refractivity contribution is 5.83. The third kappa shape index (κ3) is 1.45. The fourth-order valence-corrected chi connectivity index (χ4v) is 0.745. The van der Waals surface area contributed by atoms with E-state index in [-0.39, 0.29) is 0 Å². The summed E-state index contributed by atoms with van der Waals surface area (Å²) in [7, 11) is 0. The molecule has 1 N–H and O–H groups in total. The minimum atomic E-state index is 0.521. The number of hydroxylamine groups is 2. The van der Waals surface area contributed by atoms with Crippen LogP contribution in [0, 0.1) is 0 Å². The van der Waals surface area contributed by atoms with Gasteiger partial charge in [0.05, 0.1) is 6.54 Å². The Morgan fingerprint density at radius 3 is 3.30 bits per heavy atom. The third-order valence-corrected chi connectivity index (χ3v) is 1.23. The van der Waals surface area contributed by atoms with Gasteiger partial charge >= 0.3 is 0 Å². The van der Waals surface area contributed by atoms with Crippen molar-refractivity contribution in [1.29, 1.82) is 0 Å². The van der Waals surface area contributed by atoms with Gasteiger partial charge in [0, 0.05) is 12.6 Å². The summed E-state index contributed by atoms with van der Waals surface area (Å²) < 4.78 is 0. The maximum atomic E-state index is 9.10. The summed E-state index contributed by atoms with van der Waals surface area (Å²) in [6, 6.07) is 0. The minimum absolute atomic E-state index is 0.521. The molecule has 0 spiro atoms. The molecule has 10 heavy (non-hydrogen) atoms. The van der Waals surface area contributed by atoms with Crippen LogP contribution in [0.3, 0.4) is 0 Å². The molecule has 0 amide bonds. The molecule has 0 aliphatic carbocycles. The van der Waals surface area contributed by atoms with E-state index in [1.54, 1.807) is 18.4 Å². The summed E-state index contributed by atoms with van der Waals surface area (Å²) in [5.74, 6) is 0.650. The average molecular weight is 138 g/mol. The Bertz CT molecular complexity index is 184. The molecule has 54 valence electrons. The first-order valence-corrected chi connectivity index (χ1v) is 3.13. The minimum Gasteiger partial charge on any atom is -0.287 e. The van der Waals surface area contributed by atoms with E-state index >= 15 is 0 Å². The maximum absolute atomic E-state index is 9.10. The van der Waals surface area contributed by atoms with Crippen molar-refractivity contribution in [3.8, 4) is 0 Å². The van der Waals surface area contributed by atoms with Gasteiger partial charge in [0.25, 0.3) is 0 Å². The molecule has 0 aromatic heterocycles. The predicted molar refractivity (Wildman–Crippen MR) is 39.9 cm³/mol. The van der Waals surface area contributed by atoms with Crippen molar-refractivity contribution in [3.05, 3.63) is 24.9 Å². The van der Waals surface area contributed by atoms with Gasteiger partial charge in [-0.25, -0.2) is 10.1 Å². The van der Waals surface area contributed by atoms with Crippen molar-refractivity contribution in [1.82, 2.24) is 5.06 Å². The van der Waals surface area contributed by atoms with Crippen molar-refractivity contribution >= 4 is 5.84 Å². The Balaban J connectivity index is 2.60. The molecule has 0 radical (unpaired) electrons. The Labute approximate surface area is 59.9 Å². The van der Waals surface area contributed by atoms with Gasteiger partial charge in [-0.1, -0.05) is 6.08 Å². The van der Waals surface area contributed by atoms with Crippen LogP contribution in [0.25, 0.3) is 0 Å². The second-order valence-corrected chi connectivity index (χ2v) is 2.01. The largest absolute Gasteiger partial charge is 0.287 e. The van der Waals surface area contributed by atoms with Crippen LogP contribution in [-0.2, 0) is 0 Å². The second kappa shape index (κ2) is 3.17. The van der Waals surface area contributed by atoms with Gasteiger partial charge in [0.2, 0.25) is 0 Å². The molecule has 3 nitrogen and oxygen atoms in total. The van der Waals surface area contributed by atoms with Gasteiger partial charge in [0.15, 0.2) is 0 Å². The van der Waals surface area contributed by atoms with Crippen LogP contribution in [0.2, 0.25) is 0 Å². The highest BCUT2D eigenvalue weighted by atomic mass is 16.5. The Morgan fingerprint density at radius 2 is 2.70 bits per heavy atom. The van der Waals surface area contributed by atoms with Crippen molar-refractivity contribution in [2.45, 2.75) is 6.42 Å². The van der Waals surface area contributed by atoms with Gasteiger partial charge in [-0.05, 0) is 6.08 Å². The van der Waals surface area contributed by atoms with Gasteiger partial charge in [-0.15, -0.1) is 6.58 Å². The number of hydrogen-bond acceptors (Lipinski definition) is 3. The quantitative estimate of drug-likeness (QED) is 0.581. The normalized spacial score (nSPS) is 16.9. The molecule has 0 fully saturated rings. The topological polar surface area (TPSA) is 35.8 Å². The summed E-state index contributed by atoms with van der Waals surface area (Å²) in [5, 5.41) is 10.2. The number of hydrogen-bond donors (Lipinski definition) is 1. The SMILES string of the molecule is C=CCC1=NC=CCN1O. The lowest BCUT2D eigenvalue weighted by Gasteiger charge is -2.17. The maximum Gasteiger partial charge on any atom is 0.132 e. The highest BCUT2D eigenvalue weighted by Crippen LogP contribution is 2.00. The lowest BCUT2D eigenvalue weighted by molar-refractivity contribution is -0.00588. The van der Waals surface area contributed by atoms with Gasteiger partial charge < -0.3 is 0 Å². The fourth-order valence-electron chi connectivity index (χ4n) is 0.745. The number of aliphatic imine (C=N–C) groups is 1. The van der Waals surface area contributed by atoms with E-state index in [2.05, 4.69) is 11.6 Å². The van der Waals surface area contributed by atoms with Crippen LogP contribution in [0.15, 0.2) is 29.9 Å². The zero-order valence-electron chi connectivity index (χ0n) is 5.70. The molecular weight excluding hydrogens is 128 g/mol. The Kier molecular flexibility index (Phi) is 2.23. The molecular formula is C7H10N2O. The predicted octanol–water partition coefficient (Wildman–Crippen LogP) is 1.18. The molecule has 0 atom stereocenters. The summed E-state index contributed by atoms with van der Waals surface area (Å²) in [4.78, 5) is 3.94. The lowest BCUT2D eigenvalue weighted by atomic mass is 10.3. The second-order valence-electron chi connectivity index (χ2n) is 2.01. The molecule has 0 unspecified atom stereocenters. The summed E-state index contributed by atoms with van der Waals surface area (Å²) in [6.07, 6.45) is 5.79. The number of nitrogens with zero attached hydrogens (tertiary/aromatic N) is 2. The van der Waals surface area contributed by atoms with Crippen molar-refractivity contribution in [2.75, 3.05) is 6.54 Å². The number of rotatable bonds is 2. The Hall–Kier alpha value is -1.09. The van der Waals surface area contributed by atoms with Crippen LogP contribution >= 0.6 is 0 Å². The molecule has 1 aliphatic rings. The Morgan fingerprint density at radius 1 is 1.90 bits per heavy atom. The average Bonchev–Trinajstić information content (AvgIpc) is 1.94. The van der Waals surface area contributed by atoms with E-state index < -0.39 is 0 Å². The summed E-state index contributed by atoms with van der Waals surface area (Å²) in [6.45, 7) is 4.07. The zero-order chi connectivity index (χ0) is 7.40. The molecule has 0 aromatic rings. The van der Waals surface area contributed by atoms with E-state index in [9.17, 15) is 0 Å². The highest BCUT2D eigenvalue weighted by Gasteiger charge is 2.06. The molecule has 1 aliphatic heterocycles. The first kappa shape index (κ1) is 7.02. The number of amidine groups is 1. The molecule has 1 rings (SSSR count). The van der Waals surface area contributed by atoms with Crippen molar-refractivity contribution in [3.63, 3.8) is 0 Å². The van der Waals surface area contributed by atoms with Crippen molar-refractivity contribution in [2.24, 2.45) is 4.99 Å². The molecule has 0 bridgehead atoms. The van der Waals surface area contributed by atoms with Crippen LogP contribution in [0.4, 0.5) is 0 Å². The van der Waals surface area contributed by atoms with Crippen LogP contribution < -0.4 is 0 Å². The van der Waals surface area contributed by atoms with Gasteiger partial charge in [-0.3, -0.25) is 5.21 Å². The third-order valence-electron chi connectivity index (χ3n) is 1.23. The van der Waals surface area contributed by atoms with E-state index in [0.717, 1.165) is 5.06 Å². The van der Waals surface area contributed by atoms with E-state index in [4.69, 9.17) is 5.21 Å². The monoisotopic (exact) mass is 138 g/mol. The van der Waals surface area contributed by atoms with Crippen molar-refractivity contribution < 1.29 is 5.21 Å². The summed E-state index contributed by atoms with van der Waals surface area (Å²) >= 11 is 0. The first-order chi connectivity index (χ1) is 4.84. The fraction of sp³-hybridized carbons (Fsp3) is 0.286. The van der Waals surface area contributed by atoms with E-state index in [0.29, 0.717) is 18.8 Å². The molecule has 0 aromatic carbocycles. The van der Waals surface area contributed by atoms with Crippen LogP contribution in [-0.4, -0.2) is 22.7 Å². The first-order valence-electron chi connectivity index (χ1n) is 3.13. The summed E-state index contributed by atoms with van der Waals surface area (Å²) in [5.41, 5.74) is 0. The smallest absolute Gasteiger partial charge is 0.132 e. The molecule has 3 heteroatoms.